The van der Waals surface area contributed by atoms with Crippen LogP contribution in [0, 0.1) is 0 Å². The van der Waals surface area contributed by atoms with Crippen LogP contribution in [-0.4, -0.2) is 77.7 Å². The number of rotatable bonds is 5. The molecule has 1 saturated heterocycles. The van der Waals surface area contributed by atoms with Crippen LogP contribution in [0.4, 0.5) is 5.69 Å². The number of para-hydroxylation sites is 1. The number of aromatic hydroxyl groups is 1. The maximum absolute atomic E-state index is 10.7. The van der Waals surface area contributed by atoms with Gasteiger partial charge in [-0.1, -0.05) is 39.3 Å². The van der Waals surface area contributed by atoms with Gasteiger partial charge >= 0.3 is 0 Å². The number of likely N-dealkylation sites (N-methyl/N-ethyl adjacent to an activating group) is 1. The van der Waals surface area contributed by atoms with Crippen molar-refractivity contribution >= 4 is 43.9 Å². The molecule has 2 aliphatic heterocycles. The first-order valence-electron chi connectivity index (χ1n) is 10.4. The Hall–Kier alpha value is -2.68. The van der Waals surface area contributed by atoms with Gasteiger partial charge in [-0.05, 0) is 31.3 Å². The molecule has 5 rings (SSSR count). The first-order chi connectivity index (χ1) is 15.1. The van der Waals surface area contributed by atoms with Crippen LogP contribution < -0.4 is 0 Å². The van der Waals surface area contributed by atoms with E-state index in [2.05, 4.69) is 42.9 Å². The van der Waals surface area contributed by atoms with E-state index in [4.69, 9.17) is 9.83 Å². The number of hydrogen-bond acceptors (Lipinski definition) is 6. The summed E-state index contributed by atoms with van der Waals surface area (Å²) < 4.78 is 0.929. The first kappa shape index (κ1) is 20.2. The highest BCUT2D eigenvalue weighted by molar-refractivity contribution is 9.10. The lowest BCUT2D eigenvalue weighted by molar-refractivity contribution is 0.0864. The topological polar surface area (TPSA) is 76.5 Å². The van der Waals surface area contributed by atoms with Crippen LogP contribution in [0.3, 0.4) is 0 Å². The van der Waals surface area contributed by atoms with Gasteiger partial charge in [-0.2, -0.15) is 0 Å². The van der Waals surface area contributed by atoms with Gasteiger partial charge in [0.2, 0.25) is 0 Å². The van der Waals surface area contributed by atoms with E-state index in [1.54, 1.807) is 0 Å². The Labute approximate surface area is 189 Å². The molecule has 0 amide bonds. The number of fused-ring (bicyclic) bond motifs is 2. The number of nitrogens with zero attached hydrogens (tertiary/aromatic N) is 4. The van der Waals surface area contributed by atoms with E-state index in [0.717, 1.165) is 59.4 Å². The number of aromatic amines is 1. The Morgan fingerprint density at radius 2 is 1.97 bits per heavy atom. The average molecular weight is 482 g/mol. The number of hydrogen-bond donors (Lipinski definition) is 2. The summed E-state index contributed by atoms with van der Waals surface area (Å²) in [5.74, 6) is 0.0739. The molecule has 1 fully saturated rings. The largest absolute Gasteiger partial charge is 0.494 e. The zero-order chi connectivity index (χ0) is 21.4. The predicted octanol–water partition coefficient (Wildman–Crippen LogP) is 3.74. The predicted molar refractivity (Wildman–Crippen MR) is 127 cm³/mol. The van der Waals surface area contributed by atoms with E-state index < -0.39 is 0 Å². The average Bonchev–Trinajstić information content (AvgIpc) is 3.28. The molecule has 0 radical (unpaired) electrons. The molecule has 160 valence electrons. The summed E-state index contributed by atoms with van der Waals surface area (Å²) in [7, 11) is 2.15. The maximum Gasteiger partial charge on any atom is 0.199 e. The summed E-state index contributed by atoms with van der Waals surface area (Å²) in [5.41, 5.74) is 4.45. The third-order valence-corrected chi connectivity index (χ3v) is 6.34. The van der Waals surface area contributed by atoms with Gasteiger partial charge in [0.05, 0.1) is 11.3 Å². The highest BCUT2D eigenvalue weighted by Gasteiger charge is 2.29. The minimum atomic E-state index is 0.0739. The highest BCUT2D eigenvalue weighted by Crippen LogP contribution is 2.36. The van der Waals surface area contributed by atoms with Crippen molar-refractivity contribution in [3.8, 4) is 5.88 Å². The second-order valence-electron chi connectivity index (χ2n) is 7.93. The van der Waals surface area contributed by atoms with Gasteiger partial charge in [-0.25, -0.2) is 4.99 Å². The minimum Gasteiger partial charge on any atom is -0.494 e. The van der Waals surface area contributed by atoms with Gasteiger partial charge in [-0.15, -0.1) is 0 Å². The highest BCUT2D eigenvalue weighted by atomic mass is 79.9. The maximum atomic E-state index is 10.7. The zero-order valence-electron chi connectivity index (χ0n) is 17.3. The van der Waals surface area contributed by atoms with Gasteiger partial charge < -0.3 is 19.8 Å². The molecule has 1 aromatic heterocycles. The van der Waals surface area contributed by atoms with Crippen molar-refractivity contribution in [2.45, 2.75) is 0 Å². The van der Waals surface area contributed by atoms with Crippen LogP contribution in [0.1, 0.15) is 11.1 Å². The van der Waals surface area contributed by atoms with Crippen LogP contribution in [0.5, 0.6) is 5.88 Å². The van der Waals surface area contributed by atoms with Crippen LogP contribution in [0.2, 0.25) is 0 Å². The van der Waals surface area contributed by atoms with Gasteiger partial charge in [0.25, 0.3) is 0 Å². The standard InChI is InChI=1S/C23H24BrN5O2/c1-28-8-10-29(11-9-28)12-13-31-27-21-16-4-2-3-5-18(16)25-22(21)20-17-14-15(24)6-7-19(17)26-23(20)30/h2-7,14,26,30H,8-13H2,1H3/b27-21+. The number of aromatic nitrogens is 1. The zero-order valence-corrected chi connectivity index (χ0v) is 18.9. The second kappa shape index (κ2) is 8.45. The summed E-state index contributed by atoms with van der Waals surface area (Å²) in [6, 6.07) is 13.7. The van der Waals surface area contributed by atoms with Crippen LogP contribution in [0.15, 0.2) is 57.1 Å². The van der Waals surface area contributed by atoms with Crippen molar-refractivity contribution in [2.24, 2.45) is 10.1 Å². The fourth-order valence-corrected chi connectivity index (χ4v) is 4.44. The smallest absolute Gasteiger partial charge is 0.199 e. The van der Waals surface area contributed by atoms with E-state index in [-0.39, 0.29) is 5.88 Å². The van der Waals surface area contributed by atoms with Gasteiger partial charge in [-0.3, -0.25) is 4.90 Å². The number of oxime groups is 1. The molecule has 0 atom stereocenters. The lowest BCUT2D eigenvalue weighted by atomic mass is 10.0. The lowest BCUT2D eigenvalue weighted by Crippen LogP contribution is -2.45. The van der Waals surface area contributed by atoms with Crippen molar-refractivity contribution in [2.75, 3.05) is 46.4 Å². The Balaban J connectivity index is 1.43. The van der Waals surface area contributed by atoms with Crippen molar-refractivity contribution in [3.05, 3.63) is 58.1 Å². The molecule has 31 heavy (non-hydrogen) atoms. The minimum absolute atomic E-state index is 0.0739. The molecule has 0 aliphatic carbocycles. The van der Waals surface area contributed by atoms with Crippen LogP contribution >= 0.6 is 15.9 Å². The summed E-state index contributed by atoms with van der Waals surface area (Å²) >= 11 is 3.52. The third-order valence-electron chi connectivity index (χ3n) is 5.84. The Morgan fingerprint density at radius 1 is 1.16 bits per heavy atom. The first-order valence-corrected chi connectivity index (χ1v) is 11.2. The molecule has 2 aromatic carbocycles. The van der Waals surface area contributed by atoms with E-state index in [1.165, 1.54) is 0 Å². The Morgan fingerprint density at radius 3 is 2.81 bits per heavy atom. The van der Waals surface area contributed by atoms with E-state index in [1.807, 2.05) is 42.5 Å². The molecule has 0 bridgehead atoms. The Bertz CT molecular complexity index is 1180. The SMILES string of the molecule is CN1CCN(CCO/N=C2/C(c3c(O)[nH]c4ccc(Br)cc34)=Nc3ccccc32)CC1. The van der Waals surface area contributed by atoms with Crippen LogP contribution in [-0.2, 0) is 4.84 Å². The number of piperazine rings is 1. The van der Waals surface area contributed by atoms with Gasteiger partial charge in [0, 0.05) is 53.7 Å². The molecular weight excluding hydrogens is 458 g/mol. The van der Waals surface area contributed by atoms with Crippen molar-refractivity contribution in [1.29, 1.82) is 0 Å². The fraction of sp³-hybridized carbons (Fsp3) is 0.304. The number of nitrogens with one attached hydrogen (secondary N) is 1. The van der Waals surface area contributed by atoms with E-state index >= 15 is 0 Å². The second-order valence-corrected chi connectivity index (χ2v) is 8.85. The van der Waals surface area contributed by atoms with E-state index in [0.29, 0.717) is 23.6 Å². The number of H-pyrrole nitrogens is 1. The quantitative estimate of drug-likeness (QED) is 0.429. The molecule has 7 nitrogen and oxygen atoms in total. The summed E-state index contributed by atoms with van der Waals surface area (Å²) in [4.78, 5) is 18.3. The molecular formula is C23H24BrN5O2. The number of halogens is 1. The number of benzene rings is 2. The molecule has 2 aliphatic rings. The molecule has 2 N–H and O–H groups in total. The molecule has 0 saturated carbocycles. The van der Waals surface area contributed by atoms with Crippen molar-refractivity contribution in [1.82, 2.24) is 14.8 Å². The molecule has 0 unspecified atom stereocenters. The fourth-order valence-electron chi connectivity index (χ4n) is 4.08. The summed E-state index contributed by atoms with van der Waals surface area (Å²) in [6.07, 6.45) is 0. The normalized spacial score (nSPS) is 18.5. The molecule has 0 spiro atoms. The van der Waals surface area contributed by atoms with E-state index in [9.17, 15) is 5.11 Å². The van der Waals surface area contributed by atoms with Gasteiger partial charge in [0.15, 0.2) is 5.88 Å². The molecule has 8 heteroatoms. The lowest BCUT2D eigenvalue weighted by Gasteiger charge is -2.31. The van der Waals surface area contributed by atoms with Gasteiger partial charge in [0.1, 0.15) is 18.0 Å². The summed E-state index contributed by atoms with van der Waals surface area (Å²) in [5, 5.41) is 16.0. The monoisotopic (exact) mass is 481 g/mol. The van der Waals surface area contributed by atoms with Crippen molar-refractivity contribution in [3.63, 3.8) is 0 Å². The Kier molecular flexibility index (Phi) is 5.52. The third kappa shape index (κ3) is 3.98. The van der Waals surface area contributed by atoms with Crippen LogP contribution in [0.25, 0.3) is 10.9 Å². The molecule has 3 aromatic rings. The van der Waals surface area contributed by atoms with Crippen molar-refractivity contribution < 1.29 is 9.94 Å². The molecule has 3 heterocycles. The number of aliphatic imine (C=N–C) groups is 1. The summed E-state index contributed by atoms with van der Waals surface area (Å²) in [6.45, 7) is 5.59.